The highest BCUT2D eigenvalue weighted by atomic mass is 16.0. The van der Waals surface area contributed by atoms with E-state index in [9.17, 15) is 0 Å². The maximum atomic E-state index is 2.85. The second kappa shape index (κ2) is 3.69. The molecule has 6 saturated heterocycles. The van der Waals surface area contributed by atoms with Crippen molar-refractivity contribution in [2.24, 2.45) is 0 Å². The van der Waals surface area contributed by atoms with E-state index in [-0.39, 0.29) is 28.1 Å². The summed E-state index contributed by atoms with van der Waals surface area (Å²) in [6.07, 6.45) is 0.958. The van der Waals surface area contributed by atoms with Gasteiger partial charge in [0.15, 0.2) is 0 Å². The van der Waals surface area contributed by atoms with E-state index in [4.69, 9.17) is 0 Å². The van der Waals surface area contributed by atoms with Crippen LogP contribution in [0, 0.1) is 0 Å². The summed E-state index contributed by atoms with van der Waals surface area (Å²) < 4.78 is 0. The molecule has 0 radical (unpaired) electrons. The highest BCUT2D eigenvalue weighted by Crippen LogP contribution is 2.69. The normalized spacial score (nSPS) is 49.4. The van der Waals surface area contributed by atoms with Gasteiger partial charge in [0.1, 0.15) is 12.6 Å². The summed E-state index contributed by atoms with van der Waals surface area (Å²) in [5, 5.41) is 0. The Kier molecular flexibility index (Phi) is 2.33. The molecule has 0 bridgehead atoms. The maximum absolute atomic E-state index is 2.85. The van der Waals surface area contributed by atoms with Gasteiger partial charge in [0, 0.05) is 48.3 Å². The smallest absolute Gasteiger partial charge is 0.203 e. The van der Waals surface area contributed by atoms with Gasteiger partial charge in [0.05, 0.1) is 0 Å². The molecule has 6 aliphatic rings. The standard InChI is InChI=1S/C19H34N6/c1-15(2)9-20-10-16(3,4)23-13(20)22(15)19(23)24-14-21(11-17(24,5)6)12-18(7,8)25(14)19/h13-14H,9-12H2,1-8H3. The highest BCUT2D eigenvalue weighted by molar-refractivity contribution is 5.31. The molecule has 6 fully saturated rings. The van der Waals surface area contributed by atoms with E-state index in [1.807, 2.05) is 0 Å². The van der Waals surface area contributed by atoms with E-state index < -0.39 is 0 Å². The second-order valence-corrected chi connectivity index (χ2v) is 11.8. The summed E-state index contributed by atoms with van der Waals surface area (Å²) in [7, 11) is 0. The zero-order valence-corrected chi connectivity index (χ0v) is 17.2. The summed E-state index contributed by atoms with van der Waals surface area (Å²) in [4.78, 5) is 16.8. The molecule has 6 aliphatic heterocycles. The second-order valence-electron chi connectivity index (χ2n) is 11.8. The lowest BCUT2D eigenvalue weighted by Gasteiger charge is -2.82. The molecule has 1 spiro atoms. The van der Waals surface area contributed by atoms with Gasteiger partial charge in [0.2, 0.25) is 5.91 Å². The molecule has 0 atom stereocenters. The van der Waals surface area contributed by atoms with Crippen LogP contribution >= 0.6 is 0 Å². The van der Waals surface area contributed by atoms with Crippen LogP contribution in [0.1, 0.15) is 55.4 Å². The van der Waals surface area contributed by atoms with E-state index in [1.165, 1.54) is 26.2 Å². The van der Waals surface area contributed by atoms with Crippen molar-refractivity contribution in [1.29, 1.82) is 0 Å². The topological polar surface area (TPSA) is 19.4 Å². The molecule has 0 aromatic rings. The Morgan fingerprint density at radius 1 is 0.480 bits per heavy atom. The predicted molar refractivity (Wildman–Crippen MR) is 97.1 cm³/mol. The van der Waals surface area contributed by atoms with E-state index in [1.54, 1.807) is 0 Å². The van der Waals surface area contributed by atoms with Crippen molar-refractivity contribution < 1.29 is 0 Å². The van der Waals surface area contributed by atoms with Crippen molar-refractivity contribution in [2.45, 2.75) is 96.0 Å². The number of rotatable bonds is 0. The molecule has 0 aromatic carbocycles. The molecule has 6 nitrogen and oxygen atoms in total. The molecule has 140 valence electrons. The number of nitrogens with zero attached hydrogens (tertiary/aromatic N) is 6. The third kappa shape index (κ3) is 1.34. The Morgan fingerprint density at radius 2 is 0.720 bits per heavy atom. The summed E-state index contributed by atoms with van der Waals surface area (Å²) in [5.41, 5.74) is 0.852. The van der Waals surface area contributed by atoms with Crippen molar-refractivity contribution in [3.8, 4) is 0 Å². The maximum Gasteiger partial charge on any atom is 0.203 e. The summed E-state index contributed by atoms with van der Waals surface area (Å²) in [5.74, 6) is -0.0498. The molecular formula is C19H34N6. The molecular weight excluding hydrogens is 312 g/mol. The van der Waals surface area contributed by atoms with Crippen molar-refractivity contribution in [3.05, 3.63) is 0 Å². The lowest BCUT2D eigenvalue weighted by molar-refractivity contribution is -0.501. The van der Waals surface area contributed by atoms with Crippen molar-refractivity contribution >= 4 is 0 Å². The van der Waals surface area contributed by atoms with Crippen LogP contribution in [0.25, 0.3) is 0 Å². The van der Waals surface area contributed by atoms with Gasteiger partial charge < -0.3 is 0 Å². The molecule has 6 rings (SSSR count). The molecule has 0 amide bonds. The Labute approximate surface area is 152 Å². The van der Waals surface area contributed by atoms with Gasteiger partial charge in [-0.25, -0.2) is 19.6 Å². The SMILES string of the molecule is CC1(C)CN2CC(C)(C)N3C2N1C31N2C3N(CC2(C)C)CC(C)(C)N31. The van der Waals surface area contributed by atoms with Crippen molar-refractivity contribution in [2.75, 3.05) is 26.2 Å². The van der Waals surface area contributed by atoms with Crippen LogP contribution in [0.4, 0.5) is 0 Å². The fourth-order valence-corrected chi connectivity index (χ4v) is 7.69. The lowest BCUT2D eigenvalue weighted by atomic mass is 9.86. The van der Waals surface area contributed by atoms with Crippen LogP contribution in [0.3, 0.4) is 0 Å². The molecule has 25 heavy (non-hydrogen) atoms. The van der Waals surface area contributed by atoms with Crippen LogP contribution in [-0.2, 0) is 0 Å². The zero-order chi connectivity index (χ0) is 17.9. The Hall–Kier alpha value is -0.240. The first-order valence-corrected chi connectivity index (χ1v) is 10.0. The van der Waals surface area contributed by atoms with Gasteiger partial charge in [-0.1, -0.05) is 0 Å². The minimum absolute atomic E-state index is 0.0498. The van der Waals surface area contributed by atoms with Gasteiger partial charge in [-0.15, -0.1) is 0 Å². The van der Waals surface area contributed by atoms with E-state index >= 15 is 0 Å². The first-order chi connectivity index (χ1) is 11.4. The first-order valence-electron chi connectivity index (χ1n) is 10.0. The van der Waals surface area contributed by atoms with E-state index in [0.717, 1.165) is 0 Å². The quantitative estimate of drug-likeness (QED) is 0.651. The molecule has 0 aromatic heterocycles. The van der Waals surface area contributed by atoms with Gasteiger partial charge in [-0.2, -0.15) is 0 Å². The lowest BCUT2D eigenvalue weighted by Crippen LogP contribution is -3.02. The minimum Gasteiger partial charge on any atom is -0.272 e. The third-order valence-corrected chi connectivity index (χ3v) is 7.84. The largest absolute Gasteiger partial charge is 0.272 e. The zero-order valence-electron chi connectivity index (χ0n) is 17.2. The van der Waals surface area contributed by atoms with E-state index in [0.29, 0.717) is 12.6 Å². The number of hydrogen-bond acceptors (Lipinski definition) is 6. The Morgan fingerprint density at radius 3 is 0.960 bits per heavy atom. The van der Waals surface area contributed by atoms with Crippen LogP contribution in [0.5, 0.6) is 0 Å². The van der Waals surface area contributed by atoms with Crippen LogP contribution in [-0.4, -0.2) is 96.2 Å². The van der Waals surface area contributed by atoms with Crippen LogP contribution in [0.2, 0.25) is 0 Å². The number of fused-ring (bicyclic) bond motifs is 4. The molecule has 0 saturated carbocycles. The van der Waals surface area contributed by atoms with Gasteiger partial charge in [-0.3, -0.25) is 9.80 Å². The summed E-state index contributed by atoms with van der Waals surface area (Å²) in [6.45, 7) is 24.3. The fraction of sp³-hybridized carbons (Fsp3) is 1.00. The monoisotopic (exact) mass is 346 g/mol. The fourth-order valence-electron chi connectivity index (χ4n) is 7.69. The summed E-state index contributed by atoms with van der Waals surface area (Å²) in [6, 6.07) is 0. The molecule has 6 heterocycles. The van der Waals surface area contributed by atoms with Gasteiger partial charge in [-0.05, 0) is 55.4 Å². The molecule has 6 heteroatoms. The average molecular weight is 347 g/mol. The molecule has 0 N–H and O–H groups in total. The third-order valence-electron chi connectivity index (χ3n) is 7.84. The van der Waals surface area contributed by atoms with Crippen molar-refractivity contribution in [1.82, 2.24) is 29.4 Å². The average Bonchev–Trinajstić information content (AvgIpc) is 2.77. The van der Waals surface area contributed by atoms with Crippen LogP contribution < -0.4 is 0 Å². The van der Waals surface area contributed by atoms with E-state index in [2.05, 4.69) is 84.8 Å². The predicted octanol–water partition coefficient (Wildman–Crippen LogP) is 1.17. The van der Waals surface area contributed by atoms with Gasteiger partial charge in [0.25, 0.3) is 0 Å². The van der Waals surface area contributed by atoms with Gasteiger partial charge >= 0.3 is 0 Å². The molecule has 0 unspecified atom stereocenters. The highest BCUT2D eigenvalue weighted by Gasteiger charge is 2.89. The molecule has 0 aliphatic carbocycles. The minimum atomic E-state index is -0.0498. The summed E-state index contributed by atoms with van der Waals surface area (Å²) >= 11 is 0. The van der Waals surface area contributed by atoms with Crippen LogP contribution in [0.15, 0.2) is 0 Å². The van der Waals surface area contributed by atoms with Crippen molar-refractivity contribution in [3.63, 3.8) is 0 Å². The Balaban J connectivity index is 1.58. The first kappa shape index (κ1) is 15.8. The Bertz CT molecular complexity index is 568. The number of hydrogen-bond donors (Lipinski definition) is 0.